The Morgan fingerprint density at radius 1 is 1.24 bits per heavy atom. The van der Waals surface area contributed by atoms with Crippen LogP contribution >= 0.6 is 23.1 Å². The standard InChI is InChI=1S/C19H19N3OS2/c1-13(15-7-9-20-10-8-15)21-19(23)17-5-3-4-6-18(17)25-12-16-11-24-14(2)22-16/h3-11,13H,12H2,1-2H3,(H,21,23). The molecule has 25 heavy (non-hydrogen) atoms. The summed E-state index contributed by atoms with van der Waals surface area (Å²) in [7, 11) is 0. The Balaban J connectivity index is 1.70. The number of aryl methyl sites for hydroxylation is 1. The number of nitrogens with zero attached hydrogens (tertiary/aromatic N) is 2. The first-order chi connectivity index (χ1) is 12.1. The van der Waals surface area contributed by atoms with E-state index in [4.69, 9.17) is 0 Å². The van der Waals surface area contributed by atoms with Crippen LogP contribution in [-0.4, -0.2) is 15.9 Å². The monoisotopic (exact) mass is 369 g/mol. The van der Waals surface area contributed by atoms with Crippen molar-refractivity contribution in [3.8, 4) is 0 Å². The van der Waals surface area contributed by atoms with Crippen LogP contribution in [0.3, 0.4) is 0 Å². The van der Waals surface area contributed by atoms with Gasteiger partial charge < -0.3 is 5.32 Å². The van der Waals surface area contributed by atoms with Crippen LogP contribution in [0, 0.1) is 6.92 Å². The maximum absolute atomic E-state index is 12.7. The highest BCUT2D eigenvalue weighted by Gasteiger charge is 2.15. The van der Waals surface area contributed by atoms with Crippen LogP contribution in [0.15, 0.2) is 59.1 Å². The summed E-state index contributed by atoms with van der Waals surface area (Å²) in [6.45, 7) is 3.97. The number of carbonyl (C=O) groups excluding carboxylic acids is 1. The molecule has 1 atom stereocenters. The number of hydrogen-bond acceptors (Lipinski definition) is 5. The molecular weight excluding hydrogens is 350 g/mol. The van der Waals surface area contributed by atoms with Crippen LogP contribution in [0.25, 0.3) is 0 Å². The van der Waals surface area contributed by atoms with Gasteiger partial charge in [-0.3, -0.25) is 9.78 Å². The topological polar surface area (TPSA) is 54.9 Å². The van der Waals surface area contributed by atoms with Gasteiger partial charge in [0.15, 0.2) is 0 Å². The number of benzene rings is 1. The van der Waals surface area contributed by atoms with E-state index in [0.717, 1.165) is 26.9 Å². The molecule has 0 saturated carbocycles. The molecule has 0 fully saturated rings. The van der Waals surface area contributed by atoms with Crippen LogP contribution < -0.4 is 5.32 Å². The minimum Gasteiger partial charge on any atom is -0.345 e. The first-order valence-corrected chi connectivity index (χ1v) is 9.83. The predicted molar refractivity (Wildman–Crippen MR) is 103 cm³/mol. The van der Waals surface area contributed by atoms with Crippen molar-refractivity contribution < 1.29 is 4.79 Å². The molecule has 0 bridgehead atoms. The maximum Gasteiger partial charge on any atom is 0.252 e. The predicted octanol–water partition coefficient (Wildman–Crippen LogP) is 4.63. The van der Waals surface area contributed by atoms with Gasteiger partial charge in [-0.2, -0.15) is 0 Å². The van der Waals surface area contributed by atoms with Crippen LogP contribution in [0.4, 0.5) is 0 Å². The molecule has 0 aliphatic rings. The summed E-state index contributed by atoms with van der Waals surface area (Å²) < 4.78 is 0. The number of thiazole rings is 1. The van der Waals surface area contributed by atoms with Gasteiger partial charge in [-0.1, -0.05) is 12.1 Å². The van der Waals surface area contributed by atoms with Crippen molar-refractivity contribution in [1.29, 1.82) is 0 Å². The van der Waals surface area contributed by atoms with Crippen molar-refractivity contribution in [2.45, 2.75) is 30.5 Å². The van der Waals surface area contributed by atoms with Crippen molar-refractivity contribution in [3.05, 3.63) is 76.0 Å². The summed E-state index contributed by atoms with van der Waals surface area (Å²) in [6.07, 6.45) is 3.47. The minimum atomic E-state index is -0.0743. The van der Waals surface area contributed by atoms with Crippen molar-refractivity contribution >= 4 is 29.0 Å². The summed E-state index contributed by atoms with van der Waals surface area (Å²) in [6, 6.07) is 11.4. The number of thioether (sulfide) groups is 1. The lowest BCUT2D eigenvalue weighted by Gasteiger charge is -2.15. The van der Waals surface area contributed by atoms with E-state index in [9.17, 15) is 4.79 Å². The van der Waals surface area contributed by atoms with Crippen LogP contribution in [-0.2, 0) is 5.75 Å². The lowest BCUT2D eigenvalue weighted by Crippen LogP contribution is -2.27. The van der Waals surface area contributed by atoms with Gasteiger partial charge >= 0.3 is 0 Å². The molecular formula is C19H19N3OS2. The van der Waals surface area contributed by atoms with Crippen molar-refractivity contribution in [1.82, 2.24) is 15.3 Å². The van der Waals surface area contributed by atoms with Gasteiger partial charge in [-0.05, 0) is 43.7 Å². The summed E-state index contributed by atoms with van der Waals surface area (Å²) >= 11 is 3.29. The number of nitrogens with one attached hydrogen (secondary N) is 1. The number of amides is 1. The van der Waals surface area contributed by atoms with Crippen LogP contribution in [0.1, 0.15) is 39.6 Å². The second-order valence-electron chi connectivity index (χ2n) is 5.62. The fraction of sp³-hybridized carbons (Fsp3) is 0.211. The third-order valence-electron chi connectivity index (χ3n) is 3.73. The number of carbonyl (C=O) groups is 1. The number of aromatic nitrogens is 2. The van der Waals surface area contributed by atoms with Gasteiger partial charge in [0.25, 0.3) is 5.91 Å². The second kappa shape index (κ2) is 8.27. The van der Waals surface area contributed by atoms with Crippen LogP contribution in [0.5, 0.6) is 0 Å². The molecule has 1 aromatic carbocycles. The normalized spacial score (nSPS) is 11.9. The van der Waals surface area contributed by atoms with E-state index in [1.54, 1.807) is 35.5 Å². The highest BCUT2D eigenvalue weighted by molar-refractivity contribution is 7.98. The van der Waals surface area contributed by atoms with Gasteiger partial charge in [0.2, 0.25) is 0 Å². The van der Waals surface area contributed by atoms with Gasteiger partial charge in [-0.25, -0.2) is 4.98 Å². The number of hydrogen-bond donors (Lipinski definition) is 1. The molecule has 2 aromatic heterocycles. The summed E-state index contributed by atoms with van der Waals surface area (Å²) in [5, 5.41) is 6.19. The van der Waals surface area contributed by atoms with E-state index in [-0.39, 0.29) is 11.9 Å². The Morgan fingerprint density at radius 2 is 2.00 bits per heavy atom. The zero-order valence-electron chi connectivity index (χ0n) is 14.1. The van der Waals surface area contributed by atoms with Gasteiger partial charge in [0.05, 0.1) is 22.3 Å². The lowest BCUT2D eigenvalue weighted by atomic mass is 10.1. The van der Waals surface area contributed by atoms with E-state index in [2.05, 4.69) is 20.7 Å². The highest BCUT2D eigenvalue weighted by atomic mass is 32.2. The third-order valence-corrected chi connectivity index (χ3v) is 5.66. The Hall–Kier alpha value is -2.18. The molecule has 0 aliphatic heterocycles. The van der Waals surface area contributed by atoms with Gasteiger partial charge in [0.1, 0.15) is 0 Å². The average molecular weight is 370 g/mol. The molecule has 0 aliphatic carbocycles. The molecule has 128 valence electrons. The maximum atomic E-state index is 12.7. The Labute approximate surface area is 155 Å². The molecule has 0 radical (unpaired) electrons. The molecule has 1 unspecified atom stereocenters. The van der Waals surface area contributed by atoms with E-state index in [0.29, 0.717) is 5.56 Å². The summed E-state index contributed by atoms with van der Waals surface area (Å²) in [5.41, 5.74) is 2.78. The smallest absolute Gasteiger partial charge is 0.252 e. The first kappa shape index (κ1) is 17.6. The van der Waals surface area contributed by atoms with E-state index < -0.39 is 0 Å². The zero-order chi connectivity index (χ0) is 17.6. The fourth-order valence-electron chi connectivity index (χ4n) is 2.42. The lowest BCUT2D eigenvalue weighted by molar-refractivity contribution is 0.0937. The molecule has 3 rings (SSSR count). The fourth-order valence-corrected chi connectivity index (χ4v) is 4.08. The quantitative estimate of drug-likeness (QED) is 0.644. The highest BCUT2D eigenvalue weighted by Crippen LogP contribution is 2.27. The molecule has 3 aromatic rings. The molecule has 1 N–H and O–H groups in total. The SMILES string of the molecule is Cc1nc(CSc2ccccc2C(=O)NC(C)c2ccncc2)cs1. The van der Waals surface area contributed by atoms with Gasteiger partial charge in [-0.15, -0.1) is 23.1 Å². The van der Waals surface area contributed by atoms with Gasteiger partial charge in [0, 0.05) is 28.4 Å². The van der Waals surface area contributed by atoms with Crippen LogP contribution in [0.2, 0.25) is 0 Å². The Kier molecular flexibility index (Phi) is 5.83. The van der Waals surface area contributed by atoms with Crippen molar-refractivity contribution in [2.24, 2.45) is 0 Å². The van der Waals surface area contributed by atoms with Crippen molar-refractivity contribution in [2.75, 3.05) is 0 Å². The number of pyridine rings is 1. The van der Waals surface area contributed by atoms with Crippen molar-refractivity contribution in [3.63, 3.8) is 0 Å². The average Bonchev–Trinajstić information content (AvgIpc) is 3.06. The molecule has 6 heteroatoms. The van der Waals surface area contributed by atoms with E-state index in [1.807, 2.05) is 50.2 Å². The minimum absolute atomic E-state index is 0.0677. The summed E-state index contributed by atoms with van der Waals surface area (Å²) in [4.78, 5) is 22.2. The largest absolute Gasteiger partial charge is 0.345 e. The molecule has 0 saturated heterocycles. The Bertz CT molecular complexity index is 849. The van der Waals surface area contributed by atoms with E-state index >= 15 is 0 Å². The second-order valence-corrected chi connectivity index (χ2v) is 7.70. The third kappa shape index (κ3) is 4.67. The molecule has 1 amide bonds. The van der Waals surface area contributed by atoms with E-state index in [1.165, 1.54) is 0 Å². The summed E-state index contributed by atoms with van der Waals surface area (Å²) in [5.74, 6) is 0.691. The molecule has 4 nitrogen and oxygen atoms in total. The molecule has 2 heterocycles. The first-order valence-electron chi connectivity index (χ1n) is 7.97. The molecule has 0 spiro atoms. The number of rotatable bonds is 6. The zero-order valence-corrected chi connectivity index (χ0v) is 15.7. The Morgan fingerprint density at radius 3 is 2.72 bits per heavy atom.